The first-order chi connectivity index (χ1) is 7.54. The number of hydrogen-bond donors (Lipinski definition) is 1. The summed E-state index contributed by atoms with van der Waals surface area (Å²) in [4.78, 5) is 16.0. The zero-order valence-electron chi connectivity index (χ0n) is 10.8. The SMILES string of the molecule is CC(C)N(CC1CCN(C)CC1)C(=O)CN. The Morgan fingerprint density at radius 3 is 2.44 bits per heavy atom. The molecule has 1 aliphatic heterocycles. The second kappa shape index (κ2) is 6.21. The van der Waals surface area contributed by atoms with Crippen LogP contribution in [0, 0.1) is 5.92 Å². The second-order valence-electron chi connectivity index (χ2n) is 5.09. The standard InChI is InChI=1S/C12H25N3O/c1-10(2)15(12(16)8-13)9-11-4-6-14(3)7-5-11/h10-11H,4-9,13H2,1-3H3. The topological polar surface area (TPSA) is 49.6 Å². The molecule has 1 aliphatic rings. The fourth-order valence-electron chi connectivity index (χ4n) is 2.24. The number of amides is 1. The van der Waals surface area contributed by atoms with E-state index < -0.39 is 0 Å². The van der Waals surface area contributed by atoms with E-state index in [1.807, 2.05) is 4.90 Å². The third-order valence-corrected chi connectivity index (χ3v) is 3.41. The predicted molar refractivity (Wildman–Crippen MR) is 66.1 cm³/mol. The monoisotopic (exact) mass is 227 g/mol. The normalized spacial score (nSPS) is 19.1. The highest BCUT2D eigenvalue weighted by atomic mass is 16.2. The summed E-state index contributed by atoms with van der Waals surface area (Å²) in [6, 6.07) is 0.260. The van der Waals surface area contributed by atoms with Crippen LogP contribution < -0.4 is 5.73 Å². The van der Waals surface area contributed by atoms with Crippen LogP contribution in [0.3, 0.4) is 0 Å². The maximum atomic E-state index is 11.7. The summed E-state index contributed by atoms with van der Waals surface area (Å²) >= 11 is 0. The first kappa shape index (κ1) is 13.5. The molecule has 0 aromatic carbocycles. The summed E-state index contributed by atoms with van der Waals surface area (Å²) in [6.07, 6.45) is 2.38. The summed E-state index contributed by atoms with van der Waals surface area (Å²) in [5.41, 5.74) is 5.44. The number of hydrogen-bond acceptors (Lipinski definition) is 3. The number of nitrogens with two attached hydrogens (primary N) is 1. The molecule has 0 bridgehead atoms. The summed E-state index contributed by atoms with van der Waals surface area (Å²) in [5, 5.41) is 0. The maximum absolute atomic E-state index is 11.7. The summed E-state index contributed by atoms with van der Waals surface area (Å²) < 4.78 is 0. The Labute approximate surface area is 98.8 Å². The van der Waals surface area contributed by atoms with Crippen molar-refractivity contribution in [3.63, 3.8) is 0 Å². The van der Waals surface area contributed by atoms with Crippen LogP contribution in [0.5, 0.6) is 0 Å². The van der Waals surface area contributed by atoms with Gasteiger partial charge in [0.05, 0.1) is 6.54 Å². The molecule has 16 heavy (non-hydrogen) atoms. The number of carbonyl (C=O) groups excluding carboxylic acids is 1. The van der Waals surface area contributed by atoms with Crippen molar-refractivity contribution in [1.29, 1.82) is 0 Å². The van der Waals surface area contributed by atoms with Crippen LogP contribution in [0.4, 0.5) is 0 Å². The molecule has 0 radical (unpaired) electrons. The van der Waals surface area contributed by atoms with Crippen LogP contribution in [0.1, 0.15) is 26.7 Å². The quantitative estimate of drug-likeness (QED) is 0.762. The molecule has 4 heteroatoms. The summed E-state index contributed by atoms with van der Waals surface area (Å²) in [7, 11) is 2.15. The van der Waals surface area contributed by atoms with Crippen molar-refractivity contribution in [3.05, 3.63) is 0 Å². The molecule has 0 atom stereocenters. The number of carbonyl (C=O) groups is 1. The Bertz CT molecular complexity index is 222. The van der Waals surface area contributed by atoms with E-state index in [1.54, 1.807) is 0 Å². The van der Waals surface area contributed by atoms with Gasteiger partial charge in [0.1, 0.15) is 0 Å². The third kappa shape index (κ3) is 3.76. The van der Waals surface area contributed by atoms with Crippen molar-refractivity contribution in [3.8, 4) is 0 Å². The summed E-state index contributed by atoms with van der Waals surface area (Å²) in [5.74, 6) is 0.725. The van der Waals surface area contributed by atoms with E-state index in [-0.39, 0.29) is 18.5 Å². The van der Waals surface area contributed by atoms with Crippen molar-refractivity contribution in [2.24, 2.45) is 11.7 Å². The minimum Gasteiger partial charge on any atom is -0.339 e. The average Bonchev–Trinajstić information content (AvgIpc) is 2.27. The number of rotatable bonds is 4. The maximum Gasteiger partial charge on any atom is 0.236 e. The van der Waals surface area contributed by atoms with Gasteiger partial charge in [-0.05, 0) is 52.7 Å². The van der Waals surface area contributed by atoms with Gasteiger partial charge >= 0.3 is 0 Å². The van der Waals surface area contributed by atoms with Crippen LogP contribution in [0.15, 0.2) is 0 Å². The molecule has 1 rings (SSSR count). The fraction of sp³-hybridized carbons (Fsp3) is 0.917. The van der Waals surface area contributed by atoms with Gasteiger partial charge in [0.25, 0.3) is 0 Å². The van der Waals surface area contributed by atoms with Crippen molar-refractivity contribution in [2.75, 3.05) is 33.2 Å². The fourth-order valence-corrected chi connectivity index (χ4v) is 2.24. The molecule has 0 saturated carbocycles. The van der Waals surface area contributed by atoms with Crippen molar-refractivity contribution in [1.82, 2.24) is 9.80 Å². The highest BCUT2D eigenvalue weighted by molar-refractivity contribution is 5.78. The molecule has 1 heterocycles. The molecule has 0 unspecified atom stereocenters. The zero-order chi connectivity index (χ0) is 12.1. The highest BCUT2D eigenvalue weighted by Crippen LogP contribution is 2.18. The number of piperidine rings is 1. The molecule has 0 aromatic heterocycles. The predicted octanol–water partition coefficient (Wildman–Crippen LogP) is 0.524. The van der Waals surface area contributed by atoms with Gasteiger partial charge in [-0.2, -0.15) is 0 Å². The molecule has 1 saturated heterocycles. The minimum atomic E-state index is 0.0777. The van der Waals surface area contributed by atoms with Gasteiger partial charge in [-0.25, -0.2) is 0 Å². The van der Waals surface area contributed by atoms with Crippen molar-refractivity contribution < 1.29 is 4.79 Å². The Morgan fingerprint density at radius 2 is 2.00 bits per heavy atom. The smallest absolute Gasteiger partial charge is 0.236 e. The third-order valence-electron chi connectivity index (χ3n) is 3.41. The molecule has 0 aliphatic carbocycles. The number of likely N-dealkylation sites (tertiary alicyclic amines) is 1. The van der Waals surface area contributed by atoms with Crippen molar-refractivity contribution >= 4 is 5.91 Å². The lowest BCUT2D eigenvalue weighted by Crippen LogP contribution is -2.45. The summed E-state index contributed by atoms with van der Waals surface area (Å²) in [6.45, 7) is 7.41. The van der Waals surface area contributed by atoms with Gasteiger partial charge in [0.15, 0.2) is 0 Å². The minimum absolute atomic E-state index is 0.0777. The Hall–Kier alpha value is -0.610. The van der Waals surface area contributed by atoms with E-state index in [4.69, 9.17) is 5.73 Å². The molecular formula is C12H25N3O. The lowest BCUT2D eigenvalue weighted by molar-refractivity contribution is -0.132. The van der Waals surface area contributed by atoms with Gasteiger partial charge in [0, 0.05) is 12.6 Å². The van der Waals surface area contributed by atoms with Gasteiger partial charge < -0.3 is 15.5 Å². The molecule has 0 aromatic rings. The van der Waals surface area contributed by atoms with Gasteiger partial charge in [-0.3, -0.25) is 4.79 Å². The van der Waals surface area contributed by atoms with Crippen LogP contribution in [-0.2, 0) is 4.79 Å². The van der Waals surface area contributed by atoms with Gasteiger partial charge in [-0.15, -0.1) is 0 Å². The lowest BCUT2D eigenvalue weighted by atomic mass is 9.96. The molecule has 2 N–H and O–H groups in total. The largest absolute Gasteiger partial charge is 0.339 e. The Morgan fingerprint density at radius 1 is 1.44 bits per heavy atom. The van der Waals surface area contributed by atoms with Crippen LogP contribution >= 0.6 is 0 Å². The molecular weight excluding hydrogens is 202 g/mol. The van der Waals surface area contributed by atoms with E-state index >= 15 is 0 Å². The Kier molecular flexibility index (Phi) is 5.22. The first-order valence-corrected chi connectivity index (χ1v) is 6.22. The van der Waals surface area contributed by atoms with E-state index in [2.05, 4.69) is 25.8 Å². The van der Waals surface area contributed by atoms with Crippen LogP contribution in [0.2, 0.25) is 0 Å². The van der Waals surface area contributed by atoms with E-state index in [9.17, 15) is 4.79 Å². The molecule has 1 amide bonds. The number of nitrogens with zero attached hydrogens (tertiary/aromatic N) is 2. The molecule has 0 spiro atoms. The Balaban J connectivity index is 2.45. The van der Waals surface area contributed by atoms with Crippen LogP contribution in [-0.4, -0.2) is 55.0 Å². The van der Waals surface area contributed by atoms with E-state index in [1.165, 1.54) is 12.8 Å². The molecule has 94 valence electrons. The lowest BCUT2D eigenvalue weighted by Gasteiger charge is -2.35. The van der Waals surface area contributed by atoms with Gasteiger partial charge in [-0.1, -0.05) is 0 Å². The second-order valence-corrected chi connectivity index (χ2v) is 5.09. The van der Waals surface area contributed by atoms with E-state index in [0.29, 0.717) is 5.92 Å². The van der Waals surface area contributed by atoms with Crippen LogP contribution in [0.25, 0.3) is 0 Å². The molecule has 1 fully saturated rings. The molecule has 4 nitrogen and oxygen atoms in total. The van der Waals surface area contributed by atoms with Gasteiger partial charge in [0.2, 0.25) is 5.91 Å². The van der Waals surface area contributed by atoms with Crippen molar-refractivity contribution in [2.45, 2.75) is 32.7 Å². The first-order valence-electron chi connectivity index (χ1n) is 6.22. The average molecular weight is 227 g/mol. The highest BCUT2D eigenvalue weighted by Gasteiger charge is 2.23. The zero-order valence-corrected chi connectivity index (χ0v) is 10.8. The van der Waals surface area contributed by atoms with E-state index in [0.717, 1.165) is 19.6 Å².